The lowest BCUT2D eigenvalue weighted by Crippen LogP contribution is -2.14. The molecule has 0 bridgehead atoms. The van der Waals surface area contributed by atoms with Gasteiger partial charge in [0, 0.05) is 4.47 Å². The third-order valence-corrected chi connectivity index (χ3v) is 5.39. The van der Waals surface area contributed by atoms with Crippen molar-refractivity contribution in [3.8, 4) is 0 Å². The molecule has 0 fully saturated rings. The second kappa shape index (κ2) is 5.16. The monoisotopic (exact) mass is 411 g/mol. The number of halogens is 2. The third-order valence-electron chi connectivity index (χ3n) is 1.96. The average molecular weight is 413 g/mol. The van der Waals surface area contributed by atoms with Gasteiger partial charge in [-0.1, -0.05) is 27.3 Å². The average Bonchev–Trinajstić information content (AvgIpc) is 2.62. The highest BCUT2D eigenvalue weighted by Gasteiger charge is 2.19. The van der Waals surface area contributed by atoms with Crippen LogP contribution in [0.25, 0.3) is 0 Å². The van der Waals surface area contributed by atoms with Gasteiger partial charge in [-0.3, -0.25) is 4.72 Å². The molecule has 0 radical (unpaired) electrons. The molecule has 0 unspecified atom stereocenters. The van der Waals surface area contributed by atoms with Crippen LogP contribution < -0.4 is 10.5 Å². The highest BCUT2D eigenvalue weighted by molar-refractivity contribution is 9.11. The Kier molecular flexibility index (Phi) is 3.95. The van der Waals surface area contributed by atoms with Crippen molar-refractivity contribution in [2.24, 2.45) is 0 Å². The molecule has 9 heteroatoms. The molecular weight excluding hydrogens is 406 g/mol. The molecule has 1 aromatic carbocycles. The predicted octanol–water partition coefficient (Wildman–Crippen LogP) is 3.05. The highest BCUT2D eigenvalue weighted by Crippen LogP contribution is 2.28. The van der Waals surface area contributed by atoms with Crippen LogP contribution in [-0.2, 0) is 10.0 Å². The lowest BCUT2D eigenvalue weighted by molar-refractivity contribution is 0.601. The Morgan fingerprint density at radius 2 is 2.06 bits per heavy atom. The van der Waals surface area contributed by atoms with Crippen molar-refractivity contribution >= 4 is 64.0 Å². The first-order chi connectivity index (χ1) is 8.38. The fourth-order valence-corrected chi connectivity index (χ4v) is 4.08. The molecule has 0 spiro atoms. The van der Waals surface area contributed by atoms with Gasteiger partial charge in [-0.25, -0.2) is 13.4 Å². The Labute approximate surface area is 125 Å². The summed E-state index contributed by atoms with van der Waals surface area (Å²) in [5.74, 6) is 0. The van der Waals surface area contributed by atoms with E-state index < -0.39 is 10.0 Å². The number of nitrogens with zero attached hydrogens (tertiary/aromatic N) is 1. The van der Waals surface area contributed by atoms with E-state index >= 15 is 0 Å². The van der Waals surface area contributed by atoms with E-state index in [9.17, 15) is 8.42 Å². The van der Waals surface area contributed by atoms with Crippen LogP contribution >= 0.6 is 43.2 Å². The van der Waals surface area contributed by atoms with Crippen molar-refractivity contribution in [3.05, 3.63) is 32.7 Å². The van der Waals surface area contributed by atoms with Crippen molar-refractivity contribution in [1.82, 2.24) is 4.98 Å². The Bertz CT molecular complexity index is 685. The molecule has 2 rings (SSSR count). The van der Waals surface area contributed by atoms with Crippen LogP contribution in [0.3, 0.4) is 0 Å². The molecule has 0 aliphatic heterocycles. The molecule has 0 saturated heterocycles. The zero-order valence-corrected chi connectivity index (χ0v) is 13.5. The summed E-state index contributed by atoms with van der Waals surface area (Å²) in [6.45, 7) is 0. The maximum Gasteiger partial charge on any atom is 0.265 e. The fraction of sp³-hybridized carbons (Fsp3) is 0. The van der Waals surface area contributed by atoms with E-state index in [4.69, 9.17) is 5.73 Å². The molecule has 1 aromatic heterocycles. The first kappa shape index (κ1) is 13.8. The van der Waals surface area contributed by atoms with Gasteiger partial charge in [-0.2, -0.15) is 0 Å². The van der Waals surface area contributed by atoms with Crippen LogP contribution in [0.4, 0.5) is 10.8 Å². The van der Waals surface area contributed by atoms with Crippen LogP contribution in [-0.4, -0.2) is 13.4 Å². The number of aromatic nitrogens is 1. The Morgan fingerprint density at radius 3 is 2.61 bits per heavy atom. The fourth-order valence-electron chi connectivity index (χ4n) is 1.24. The molecule has 2 aromatic rings. The van der Waals surface area contributed by atoms with Crippen molar-refractivity contribution in [1.29, 1.82) is 0 Å². The van der Waals surface area contributed by atoms with E-state index in [1.165, 1.54) is 29.7 Å². The number of sulfonamides is 1. The maximum absolute atomic E-state index is 12.1. The van der Waals surface area contributed by atoms with Gasteiger partial charge >= 0.3 is 0 Å². The van der Waals surface area contributed by atoms with Gasteiger partial charge in [0.05, 0.1) is 15.7 Å². The summed E-state index contributed by atoms with van der Waals surface area (Å²) < 4.78 is 28.0. The molecule has 5 nitrogen and oxygen atoms in total. The van der Waals surface area contributed by atoms with Crippen molar-refractivity contribution in [2.75, 3.05) is 10.5 Å². The Hall–Kier alpha value is -0.640. The summed E-state index contributed by atoms with van der Waals surface area (Å²) >= 11 is 7.62. The number of nitrogen functional groups attached to an aromatic ring is 1. The minimum absolute atomic E-state index is 0.0250. The molecule has 3 N–H and O–H groups in total. The minimum Gasteiger partial charge on any atom is -0.398 e. The molecule has 0 amide bonds. The Morgan fingerprint density at radius 1 is 1.33 bits per heavy atom. The van der Waals surface area contributed by atoms with Crippen molar-refractivity contribution < 1.29 is 8.42 Å². The lowest BCUT2D eigenvalue weighted by Gasteiger charge is -2.08. The number of anilines is 2. The number of nitrogens with one attached hydrogen (secondary N) is 1. The van der Waals surface area contributed by atoms with E-state index in [2.05, 4.69) is 41.6 Å². The molecule has 0 atom stereocenters. The first-order valence-electron chi connectivity index (χ1n) is 4.57. The van der Waals surface area contributed by atoms with Crippen LogP contribution in [0.15, 0.2) is 37.6 Å². The van der Waals surface area contributed by atoms with Gasteiger partial charge in [0.15, 0.2) is 5.13 Å². The molecule has 96 valence electrons. The predicted molar refractivity (Wildman–Crippen MR) is 79.2 cm³/mol. The standard InChI is InChI=1S/C9H7Br2N3O2S2/c10-5-1-2-7(6(12)3-5)18(15,16)14-9-13-4-8(11)17-9/h1-4H,12H2,(H,13,14). The number of hydrogen-bond acceptors (Lipinski definition) is 5. The quantitative estimate of drug-likeness (QED) is 0.758. The van der Waals surface area contributed by atoms with Gasteiger partial charge in [-0.15, -0.1) is 0 Å². The summed E-state index contributed by atoms with van der Waals surface area (Å²) in [6, 6.07) is 4.58. The number of benzene rings is 1. The topological polar surface area (TPSA) is 85.1 Å². The lowest BCUT2D eigenvalue weighted by atomic mass is 10.3. The summed E-state index contributed by atoms with van der Waals surface area (Å²) in [5.41, 5.74) is 5.86. The number of nitrogens with two attached hydrogens (primary N) is 1. The number of hydrogen-bond donors (Lipinski definition) is 2. The van der Waals surface area contributed by atoms with Crippen molar-refractivity contribution in [3.63, 3.8) is 0 Å². The first-order valence-corrected chi connectivity index (χ1v) is 8.46. The molecule has 1 heterocycles. The molecule has 0 aliphatic carbocycles. The summed E-state index contributed by atoms with van der Waals surface area (Å²) in [6.07, 6.45) is 1.52. The van der Waals surface area contributed by atoms with E-state index in [0.717, 1.165) is 8.26 Å². The normalized spacial score (nSPS) is 11.4. The summed E-state index contributed by atoms with van der Waals surface area (Å²) in [5, 5.41) is 0.282. The zero-order chi connectivity index (χ0) is 13.3. The molecule has 18 heavy (non-hydrogen) atoms. The molecular formula is C9H7Br2N3O2S2. The second-order valence-corrected chi connectivity index (χ2v) is 8.23. The number of thiazole rings is 1. The largest absolute Gasteiger partial charge is 0.398 e. The van der Waals surface area contributed by atoms with Crippen molar-refractivity contribution in [2.45, 2.75) is 4.90 Å². The highest BCUT2D eigenvalue weighted by atomic mass is 79.9. The van der Waals surface area contributed by atoms with E-state index in [0.29, 0.717) is 0 Å². The zero-order valence-electron chi connectivity index (χ0n) is 8.72. The number of rotatable bonds is 3. The van der Waals surface area contributed by atoms with Gasteiger partial charge in [-0.05, 0) is 34.1 Å². The van der Waals surface area contributed by atoms with E-state index in [1.807, 2.05) is 0 Å². The Balaban J connectivity index is 2.36. The van der Waals surface area contributed by atoms with Gasteiger partial charge in [0.1, 0.15) is 4.90 Å². The van der Waals surface area contributed by atoms with E-state index in [-0.39, 0.29) is 15.7 Å². The van der Waals surface area contributed by atoms with Crippen LogP contribution in [0.1, 0.15) is 0 Å². The summed E-state index contributed by atoms with van der Waals surface area (Å²) in [4.78, 5) is 3.93. The molecule has 0 aliphatic rings. The van der Waals surface area contributed by atoms with Gasteiger partial charge in [0.2, 0.25) is 0 Å². The van der Waals surface area contributed by atoms with Crippen LogP contribution in [0, 0.1) is 0 Å². The summed E-state index contributed by atoms with van der Waals surface area (Å²) in [7, 11) is -3.72. The maximum atomic E-state index is 12.1. The van der Waals surface area contributed by atoms with Crippen LogP contribution in [0.2, 0.25) is 0 Å². The van der Waals surface area contributed by atoms with Crippen LogP contribution in [0.5, 0.6) is 0 Å². The SMILES string of the molecule is Nc1cc(Br)ccc1S(=O)(=O)Nc1ncc(Br)s1. The smallest absolute Gasteiger partial charge is 0.265 e. The van der Waals surface area contributed by atoms with E-state index in [1.54, 1.807) is 6.07 Å². The second-order valence-electron chi connectivity index (χ2n) is 3.26. The van der Waals surface area contributed by atoms with Gasteiger partial charge < -0.3 is 5.73 Å². The molecule has 0 saturated carbocycles. The van der Waals surface area contributed by atoms with Gasteiger partial charge in [0.25, 0.3) is 10.0 Å². The third kappa shape index (κ3) is 3.02. The minimum atomic E-state index is -3.72.